The first-order valence-electron chi connectivity index (χ1n) is 12.1. The van der Waals surface area contributed by atoms with Gasteiger partial charge in [0, 0.05) is 31.5 Å². The number of halogens is 9. The van der Waals surface area contributed by atoms with Crippen LogP contribution < -0.4 is 5.32 Å². The van der Waals surface area contributed by atoms with Crippen LogP contribution in [0.2, 0.25) is 0 Å². The van der Waals surface area contributed by atoms with E-state index in [1.165, 1.54) is 6.92 Å². The molecule has 2 aromatic carbocycles. The molecule has 14 heteroatoms. The van der Waals surface area contributed by atoms with Gasteiger partial charge in [-0.1, -0.05) is 30.3 Å². The lowest BCUT2D eigenvalue weighted by Crippen LogP contribution is -2.66. The average molecular weight is 584 g/mol. The van der Waals surface area contributed by atoms with Crippen LogP contribution in [0.15, 0.2) is 48.5 Å². The zero-order chi connectivity index (χ0) is 29.7. The van der Waals surface area contributed by atoms with Gasteiger partial charge in [0.2, 0.25) is 0 Å². The SMILES string of the molecule is C[C@]1(O)CN[C@](COCc2cc(C(F)(F)F)cc(C(F)(F)F)c2)(c2ccccc2)[C@@H]2CN(C(=O)C(F)(F)F)C[C@@H]21. The number of hydrogen-bond acceptors (Lipinski definition) is 4. The van der Waals surface area contributed by atoms with Crippen molar-refractivity contribution in [2.24, 2.45) is 11.8 Å². The molecule has 2 fully saturated rings. The van der Waals surface area contributed by atoms with Crippen LogP contribution in [0.3, 0.4) is 0 Å². The number of amides is 1. The van der Waals surface area contributed by atoms with Crippen LogP contribution in [0.25, 0.3) is 0 Å². The Labute approximate surface area is 222 Å². The number of benzene rings is 2. The Kier molecular flexibility index (Phi) is 7.69. The molecule has 40 heavy (non-hydrogen) atoms. The number of rotatable bonds is 5. The van der Waals surface area contributed by atoms with Gasteiger partial charge in [0.15, 0.2) is 0 Å². The third-order valence-corrected chi connectivity index (χ3v) is 7.58. The molecule has 5 nitrogen and oxygen atoms in total. The number of fused-ring (bicyclic) bond motifs is 1. The van der Waals surface area contributed by atoms with Crippen LogP contribution in [0, 0.1) is 11.8 Å². The molecule has 2 aliphatic heterocycles. The Hall–Kier alpha value is -2.84. The summed E-state index contributed by atoms with van der Waals surface area (Å²) >= 11 is 0. The molecular formula is C26H25F9N2O3. The topological polar surface area (TPSA) is 61.8 Å². The fraction of sp³-hybridized carbons (Fsp3) is 0.500. The summed E-state index contributed by atoms with van der Waals surface area (Å²) in [6.07, 6.45) is -15.3. The van der Waals surface area contributed by atoms with Gasteiger partial charge in [0.05, 0.1) is 35.5 Å². The average Bonchev–Trinajstić information content (AvgIpc) is 3.31. The number of carbonyl (C=O) groups excluding carboxylic acids is 1. The van der Waals surface area contributed by atoms with Crippen molar-refractivity contribution >= 4 is 5.91 Å². The lowest BCUT2D eigenvalue weighted by molar-refractivity contribution is -0.184. The van der Waals surface area contributed by atoms with E-state index in [-0.39, 0.29) is 19.2 Å². The second kappa shape index (κ2) is 10.2. The molecule has 1 amide bonds. The number of likely N-dealkylation sites (tertiary alicyclic amines) is 1. The predicted molar refractivity (Wildman–Crippen MR) is 122 cm³/mol. The molecule has 220 valence electrons. The standard InChI is InChI=1S/C26H25F9N2O3/c1-22(39)13-36-23(16-5-3-2-4-6-16,20-11-37(10-19(20)22)21(38)26(33,34)35)14-40-12-15-7-17(24(27,28)29)9-18(8-15)25(30,31)32/h2-9,19-20,36,39H,10-14H2,1H3/t19-,20+,22-,23+/m0/s1. The van der Waals surface area contributed by atoms with E-state index >= 15 is 0 Å². The molecule has 0 spiro atoms. The van der Waals surface area contributed by atoms with E-state index in [0.29, 0.717) is 22.6 Å². The fourth-order valence-corrected chi connectivity index (χ4v) is 5.60. The summed E-state index contributed by atoms with van der Waals surface area (Å²) in [4.78, 5) is 12.7. The van der Waals surface area contributed by atoms with Crippen LogP contribution in [-0.2, 0) is 34.0 Å². The number of ether oxygens (including phenoxy) is 1. The van der Waals surface area contributed by atoms with Gasteiger partial charge in [-0.15, -0.1) is 0 Å². The maximum Gasteiger partial charge on any atom is 0.471 e. The Morgan fingerprint density at radius 2 is 1.50 bits per heavy atom. The van der Waals surface area contributed by atoms with Crippen molar-refractivity contribution in [3.05, 3.63) is 70.8 Å². The number of carbonyl (C=O) groups is 1. The van der Waals surface area contributed by atoms with Gasteiger partial charge < -0.3 is 20.1 Å². The summed E-state index contributed by atoms with van der Waals surface area (Å²) in [7, 11) is 0. The molecule has 0 bridgehead atoms. The highest BCUT2D eigenvalue weighted by atomic mass is 19.4. The van der Waals surface area contributed by atoms with E-state index in [2.05, 4.69) is 5.32 Å². The lowest BCUT2D eigenvalue weighted by Gasteiger charge is -2.51. The summed E-state index contributed by atoms with van der Waals surface area (Å²) in [5, 5.41) is 14.1. The Balaban J connectivity index is 1.67. The zero-order valence-electron chi connectivity index (χ0n) is 20.9. The van der Waals surface area contributed by atoms with Crippen molar-refractivity contribution in [2.45, 2.75) is 43.2 Å². The Bertz CT molecular complexity index is 1200. The molecule has 0 unspecified atom stereocenters. The summed E-state index contributed by atoms with van der Waals surface area (Å²) in [5.74, 6) is -3.78. The predicted octanol–water partition coefficient (Wildman–Crippen LogP) is 5.13. The maximum atomic E-state index is 13.3. The Morgan fingerprint density at radius 3 is 2.02 bits per heavy atom. The molecule has 4 rings (SSSR count). The molecule has 2 aromatic rings. The molecule has 0 saturated carbocycles. The van der Waals surface area contributed by atoms with Gasteiger partial charge in [-0.2, -0.15) is 39.5 Å². The van der Waals surface area contributed by atoms with Crippen molar-refractivity contribution in [3.63, 3.8) is 0 Å². The van der Waals surface area contributed by atoms with Crippen molar-refractivity contribution in [2.75, 3.05) is 26.2 Å². The second-order valence-corrected chi connectivity index (χ2v) is 10.4. The highest BCUT2D eigenvalue weighted by Gasteiger charge is 2.60. The molecule has 0 radical (unpaired) electrons. The number of aliphatic hydroxyl groups is 1. The number of alkyl halides is 9. The summed E-state index contributed by atoms with van der Waals surface area (Å²) < 4.78 is 125. The number of hydrogen-bond donors (Lipinski definition) is 2. The summed E-state index contributed by atoms with van der Waals surface area (Å²) in [6.45, 7) is -0.623. The minimum absolute atomic E-state index is 0.00485. The van der Waals surface area contributed by atoms with Crippen LogP contribution in [-0.4, -0.2) is 53.9 Å². The summed E-state index contributed by atoms with van der Waals surface area (Å²) in [5.41, 5.74) is -5.80. The van der Waals surface area contributed by atoms with Gasteiger partial charge in [0.25, 0.3) is 0 Å². The first kappa shape index (κ1) is 30.1. The lowest BCUT2D eigenvalue weighted by atomic mass is 9.65. The molecule has 2 heterocycles. The third kappa shape index (κ3) is 5.93. The van der Waals surface area contributed by atoms with Gasteiger partial charge in [0.1, 0.15) is 0 Å². The van der Waals surface area contributed by atoms with E-state index < -0.39 is 83.8 Å². The molecule has 2 aliphatic rings. The van der Waals surface area contributed by atoms with E-state index in [1.54, 1.807) is 30.3 Å². The Morgan fingerprint density at radius 1 is 0.950 bits per heavy atom. The van der Waals surface area contributed by atoms with Crippen LogP contribution in [0.4, 0.5) is 39.5 Å². The molecule has 2 saturated heterocycles. The largest absolute Gasteiger partial charge is 0.471 e. The van der Waals surface area contributed by atoms with Crippen molar-refractivity contribution in [3.8, 4) is 0 Å². The zero-order valence-corrected chi connectivity index (χ0v) is 20.9. The van der Waals surface area contributed by atoms with Gasteiger partial charge >= 0.3 is 24.4 Å². The van der Waals surface area contributed by atoms with Crippen molar-refractivity contribution < 1.29 is 54.2 Å². The van der Waals surface area contributed by atoms with Crippen LogP contribution >= 0.6 is 0 Å². The minimum Gasteiger partial charge on any atom is -0.388 e. The van der Waals surface area contributed by atoms with Crippen LogP contribution in [0.1, 0.15) is 29.2 Å². The smallest absolute Gasteiger partial charge is 0.388 e. The number of nitrogens with one attached hydrogen (secondary N) is 1. The molecule has 4 atom stereocenters. The number of piperidine rings is 1. The van der Waals surface area contributed by atoms with E-state index in [1.807, 2.05) is 0 Å². The first-order valence-corrected chi connectivity index (χ1v) is 12.1. The normalized spacial score (nSPS) is 27.5. The van der Waals surface area contributed by atoms with Gasteiger partial charge in [-0.05, 0) is 36.2 Å². The molecule has 2 N–H and O–H groups in total. The summed E-state index contributed by atoms with van der Waals surface area (Å²) in [6, 6.07) is 9.27. The highest BCUT2D eigenvalue weighted by molar-refractivity contribution is 5.82. The molecule has 0 aliphatic carbocycles. The maximum absolute atomic E-state index is 13.3. The van der Waals surface area contributed by atoms with Gasteiger partial charge in [-0.3, -0.25) is 4.79 Å². The van der Waals surface area contributed by atoms with E-state index in [4.69, 9.17) is 4.74 Å². The molecular weight excluding hydrogens is 559 g/mol. The monoisotopic (exact) mass is 584 g/mol. The van der Waals surface area contributed by atoms with Crippen molar-refractivity contribution in [1.29, 1.82) is 0 Å². The van der Waals surface area contributed by atoms with E-state index in [0.717, 1.165) is 0 Å². The molecule has 0 aromatic heterocycles. The van der Waals surface area contributed by atoms with Crippen molar-refractivity contribution in [1.82, 2.24) is 10.2 Å². The second-order valence-electron chi connectivity index (χ2n) is 10.4. The minimum atomic E-state index is -5.15. The van der Waals surface area contributed by atoms with E-state index in [9.17, 15) is 49.4 Å². The first-order chi connectivity index (χ1) is 18.3. The fourth-order valence-electron chi connectivity index (χ4n) is 5.60. The number of nitrogens with zero attached hydrogens (tertiary/aromatic N) is 1. The number of β-amino-alcohol motifs (C(OH)–C–C–N with tert-alkyl or cyclic N) is 1. The third-order valence-electron chi connectivity index (χ3n) is 7.58. The van der Waals surface area contributed by atoms with Crippen LogP contribution in [0.5, 0.6) is 0 Å². The highest BCUT2D eigenvalue weighted by Crippen LogP contribution is 2.48. The quantitative estimate of drug-likeness (QED) is 0.479. The van der Waals surface area contributed by atoms with Gasteiger partial charge in [-0.25, -0.2) is 0 Å².